The van der Waals surface area contributed by atoms with Crippen molar-refractivity contribution in [2.45, 2.75) is 31.2 Å². The van der Waals surface area contributed by atoms with Crippen LogP contribution in [-0.4, -0.2) is 27.7 Å². The van der Waals surface area contributed by atoms with Gasteiger partial charge in [-0.25, -0.2) is 0 Å². The topological polar surface area (TPSA) is 101 Å². The summed E-state index contributed by atoms with van der Waals surface area (Å²) in [6.45, 7) is 0. The van der Waals surface area contributed by atoms with E-state index in [4.69, 9.17) is 15.9 Å². The summed E-state index contributed by atoms with van der Waals surface area (Å²) in [6, 6.07) is 0. The molecule has 1 fully saturated rings. The van der Waals surface area contributed by atoms with Crippen molar-refractivity contribution in [2.24, 2.45) is 11.7 Å². The van der Waals surface area contributed by atoms with Gasteiger partial charge >= 0.3 is 11.9 Å². The van der Waals surface area contributed by atoms with Crippen LogP contribution in [0.4, 0.5) is 0 Å². The Bertz CT molecular complexity index is 240. The van der Waals surface area contributed by atoms with Crippen LogP contribution in [0.15, 0.2) is 0 Å². The van der Waals surface area contributed by atoms with Gasteiger partial charge in [-0.1, -0.05) is 0 Å². The average molecular weight is 187 g/mol. The molecule has 2 atom stereocenters. The van der Waals surface area contributed by atoms with Crippen molar-refractivity contribution in [1.29, 1.82) is 0 Å². The van der Waals surface area contributed by atoms with Gasteiger partial charge in [-0.05, 0) is 25.2 Å². The molecule has 4 N–H and O–H groups in total. The quantitative estimate of drug-likeness (QED) is 0.579. The van der Waals surface area contributed by atoms with Gasteiger partial charge in [-0.15, -0.1) is 0 Å². The monoisotopic (exact) mass is 187 g/mol. The molecule has 0 heterocycles. The first kappa shape index (κ1) is 9.98. The standard InChI is InChI=1S/C8H13NO4/c9-8(7(12)13)2-1-5(4-8)3-6(10)11/h5H,1-4,9H2,(H,10,11)(H,12,13)/t5-,8?/m0/s1. The predicted molar refractivity (Wildman–Crippen MR) is 44.1 cm³/mol. The first-order valence-electron chi connectivity index (χ1n) is 4.18. The van der Waals surface area contributed by atoms with Crippen molar-refractivity contribution < 1.29 is 19.8 Å². The van der Waals surface area contributed by atoms with Crippen LogP contribution < -0.4 is 5.73 Å². The highest BCUT2D eigenvalue weighted by Crippen LogP contribution is 2.34. The molecule has 0 radical (unpaired) electrons. The molecule has 74 valence electrons. The molecule has 5 heteroatoms. The molecular formula is C8H13NO4. The average Bonchev–Trinajstić information content (AvgIpc) is 2.32. The van der Waals surface area contributed by atoms with Gasteiger partial charge in [0.15, 0.2) is 0 Å². The van der Waals surface area contributed by atoms with Gasteiger partial charge in [-0.3, -0.25) is 9.59 Å². The van der Waals surface area contributed by atoms with Crippen molar-refractivity contribution in [3.8, 4) is 0 Å². The van der Waals surface area contributed by atoms with Crippen LogP contribution in [0.25, 0.3) is 0 Å². The maximum absolute atomic E-state index is 10.7. The smallest absolute Gasteiger partial charge is 0.323 e. The molecule has 1 saturated carbocycles. The first-order valence-corrected chi connectivity index (χ1v) is 4.18. The number of rotatable bonds is 3. The second kappa shape index (κ2) is 3.33. The summed E-state index contributed by atoms with van der Waals surface area (Å²) in [4.78, 5) is 21.0. The van der Waals surface area contributed by atoms with Gasteiger partial charge in [0.2, 0.25) is 0 Å². The molecule has 0 aromatic heterocycles. The Labute approximate surface area is 75.5 Å². The zero-order chi connectivity index (χ0) is 10.1. The fraction of sp³-hybridized carbons (Fsp3) is 0.750. The Hall–Kier alpha value is -1.10. The summed E-state index contributed by atoms with van der Waals surface area (Å²) in [5, 5.41) is 17.2. The molecule has 1 rings (SSSR count). The molecule has 0 saturated heterocycles. The van der Waals surface area contributed by atoms with E-state index in [1.807, 2.05) is 0 Å². The highest BCUT2D eigenvalue weighted by Gasteiger charge is 2.42. The highest BCUT2D eigenvalue weighted by atomic mass is 16.4. The Kier molecular flexibility index (Phi) is 2.56. The second-order valence-electron chi connectivity index (χ2n) is 3.67. The van der Waals surface area contributed by atoms with E-state index in [0.29, 0.717) is 12.8 Å². The molecule has 0 aliphatic heterocycles. The van der Waals surface area contributed by atoms with Gasteiger partial charge in [-0.2, -0.15) is 0 Å². The zero-order valence-corrected chi connectivity index (χ0v) is 7.19. The summed E-state index contributed by atoms with van der Waals surface area (Å²) in [6.07, 6.45) is 1.26. The van der Waals surface area contributed by atoms with Crippen molar-refractivity contribution in [3.63, 3.8) is 0 Å². The van der Waals surface area contributed by atoms with E-state index in [0.717, 1.165) is 0 Å². The number of aliphatic carboxylic acids is 2. The number of carboxylic acid groups (broad SMARTS) is 2. The lowest BCUT2D eigenvalue weighted by Crippen LogP contribution is -2.45. The third-order valence-electron chi connectivity index (χ3n) is 2.54. The number of hydrogen-bond acceptors (Lipinski definition) is 3. The van der Waals surface area contributed by atoms with Crippen LogP contribution in [0.5, 0.6) is 0 Å². The summed E-state index contributed by atoms with van der Waals surface area (Å²) in [5.74, 6) is -2.00. The summed E-state index contributed by atoms with van der Waals surface area (Å²) < 4.78 is 0. The molecule has 1 aliphatic carbocycles. The van der Waals surface area contributed by atoms with Crippen LogP contribution in [0, 0.1) is 5.92 Å². The third-order valence-corrected chi connectivity index (χ3v) is 2.54. The maximum Gasteiger partial charge on any atom is 0.323 e. The van der Waals surface area contributed by atoms with Gasteiger partial charge in [0, 0.05) is 6.42 Å². The normalized spacial score (nSPS) is 33.2. The molecule has 0 bridgehead atoms. The van der Waals surface area contributed by atoms with Crippen molar-refractivity contribution in [1.82, 2.24) is 0 Å². The molecule has 0 spiro atoms. The first-order chi connectivity index (χ1) is 5.94. The van der Waals surface area contributed by atoms with Gasteiger partial charge in [0.1, 0.15) is 5.54 Å². The number of nitrogens with two attached hydrogens (primary N) is 1. The van der Waals surface area contributed by atoms with E-state index in [1.54, 1.807) is 0 Å². The number of carboxylic acids is 2. The van der Waals surface area contributed by atoms with Gasteiger partial charge in [0.25, 0.3) is 0 Å². The molecule has 5 nitrogen and oxygen atoms in total. The van der Waals surface area contributed by atoms with E-state index < -0.39 is 17.5 Å². The Morgan fingerprint density at radius 2 is 2.08 bits per heavy atom. The van der Waals surface area contributed by atoms with Crippen LogP contribution in [0.1, 0.15) is 25.7 Å². The Morgan fingerprint density at radius 3 is 2.46 bits per heavy atom. The molecule has 13 heavy (non-hydrogen) atoms. The summed E-state index contributed by atoms with van der Waals surface area (Å²) in [7, 11) is 0. The minimum Gasteiger partial charge on any atom is -0.481 e. The molecule has 1 unspecified atom stereocenters. The molecule has 0 amide bonds. The minimum atomic E-state index is -1.19. The number of carbonyl (C=O) groups is 2. The van der Waals surface area contributed by atoms with Crippen LogP contribution in [-0.2, 0) is 9.59 Å². The SMILES string of the molecule is NC1(C(=O)O)CC[C@@H](CC(=O)O)C1. The van der Waals surface area contributed by atoms with Crippen molar-refractivity contribution in [2.75, 3.05) is 0 Å². The Balaban J connectivity index is 2.53. The Morgan fingerprint density at radius 1 is 1.46 bits per heavy atom. The third kappa shape index (κ3) is 2.18. The summed E-state index contributed by atoms with van der Waals surface area (Å²) >= 11 is 0. The van der Waals surface area contributed by atoms with Crippen LogP contribution in [0.3, 0.4) is 0 Å². The number of hydrogen-bond donors (Lipinski definition) is 3. The lowest BCUT2D eigenvalue weighted by molar-refractivity contribution is -0.144. The van der Waals surface area contributed by atoms with Crippen molar-refractivity contribution in [3.05, 3.63) is 0 Å². The lowest BCUT2D eigenvalue weighted by Gasteiger charge is -2.17. The largest absolute Gasteiger partial charge is 0.481 e. The lowest BCUT2D eigenvalue weighted by atomic mass is 9.96. The zero-order valence-electron chi connectivity index (χ0n) is 7.19. The van der Waals surface area contributed by atoms with E-state index in [2.05, 4.69) is 0 Å². The van der Waals surface area contributed by atoms with E-state index in [-0.39, 0.29) is 18.8 Å². The molecule has 0 aromatic carbocycles. The molecule has 1 aliphatic rings. The fourth-order valence-electron chi connectivity index (χ4n) is 1.80. The van der Waals surface area contributed by atoms with Crippen molar-refractivity contribution >= 4 is 11.9 Å². The van der Waals surface area contributed by atoms with E-state index >= 15 is 0 Å². The van der Waals surface area contributed by atoms with Crippen LogP contribution in [0.2, 0.25) is 0 Å². The predicted octanol–water partition coefficient (Wildman–Crippen LogP) is 0.0433. The fourth-order valence-corrected chi connectivity index (χ4v) is 1.80. The van der Waals surface area contributed by atoms with Crippen LogP contribution >= 0.6 is 0 Å². The summed E-state index contributed by atoms with van der Waals surface area (Å²) in [5.41, 5.74) is 4.38. The minimum absolute atomic E-state index is 0.0201. The second-order valence-corrected chi connectivity index (χ2v) is 3.67. The maximum atomic E-state index is 10.7. The van der Waals surface area contributed by atoms with E-state index in [1.165, 1.54) is 0 Å². The van der Waals surface area contributed by atoms with E-state index in [9.17, 15) is 9.59 Å². The molecule has 0 aromatic rings. The molecular weight excluding hydrogens is 174 g/mol. The highest BCUT2D eigenvalue weighted by molar-refractivity contribution is 5.79. The van der Waals surface area contributed by atoms with Gasteiger partial charge < -0.3 is 15.9 Å². The van der Waals surface area contributed by atoms with Gasteiger partial charge in [0.05, 0.1) is 0 Å².